The Morgan fingerprint density at radius 3 is 2.74 bits per heavy atom. The number of ether oxygens (including phenoxy) is 3. The maximum Gasteiger partial charge on any atom is 0.410 e. The topological polar surface area (TPSA) is 60.9 Å². The van der Waals surface area contributed by atoms with Gasteiger partial charge in [0.1, 0.15) is 6.61 Å². The summed E-state index contributed by atoms with van der Waals surface area (Å²) in [6.45, 7) is -0.795. The molecule has 0 N–H and O–H groups in total. The lowest BCUT2D eigenvalue weighted by Gasteiger charge is -2.19. The fraction of sp³-hybridized carbons (Fsp3) is 0.333. The number of cyclic esters (lactones) is 1. The summed E-state index contributed by atoms with van der Waals surface area (Å²) in [4.78, 5) is 17.6. The summed E-state index contributed by atoms with van der Waals surface area (Å²) in [5.74, 6) is -1.14. The zero-order chi connectivity index (χ0) is 19.6. The molecule has 0 saturated carbocycles. The fourth-order valence-electron chi connectivity index (χ4n) is 2.77. The van der Waals surface area contributed by atoms with E-state index in [1.165, 1.54) is 30.3 Å². The Kier molecular flexibility index (Phi) is 5.38. The molecule has 27 heavy (non-hydrogen) atoms. The van der Waals surface area contributed by atoms with Gasteiger partial charge in [0, 0.05) is 17.3 Å². The van der Waals surface area contributed by atoms with Crippen molar-refractivity contribution in [2.24, 2.45) is 0 Å². The third kappa shape index (κ3) is 4.07. The first-order valence-corrected chi connectivity index (χ1v) is 8.10. The molecule has 1 aliphatic heterocycles. The van der Waals surface area contributed by atoms with E-state index in [0.29, 0.717) is 29.2 Å². The molecule has 9 heteroatoms. The Morgan fingerprint density at radius 1 is 1.33 bits per heavy atom. The molecule has 1 aromatic carbocycles. The number of aromatic nitrogens is 1. The molecule has 3 rings (SSSR count). The summed E-state index contributed by atoms with van der Waals surface area (Å²) in [5.41, 5.74) is 1.56. The Balaban J connectivity index is 1.94. The number of amides is 1. The molecule has 1 amide bonds. The van der Waals surface area contributed by atoms with Crippen molar-refractivity contribution in [1.82, 2.24) is 9.88 Å². The van der Waals surface area contributed by atoms with Crippen LogP contribution in [0.5, 0.6) is 11.6 Å². The number of benzene rings is 1. The van der Waals surface area contributed by atoms with E-state index >= 15 is 0 Å². The number of alkyl halides is 2. The number of pyridine rings is 1. The third-order valence-corrected chi connectivity index (χ3v) is 4.15. The van der Waals surface area contributed by atoms with Crippen molar-refractivity contribution >= 4 is 6.09 Å². The lowest BCUT2D eigenvalue weighted by molar-refractivity contribution is -0.0521. The van der Waals surface area contributed by atoms with E-state index in [9.17, 15) is 18.0 Å². The van der Waals surface area contributed by atoms with Crippen molar-refractivity contribution in [3.8, 4) is 22.8 Å². The Bertz CT molecular complexity index is 847. The SMILES string of the molecule is COc1ncc(-c2ccc(F)c(OC(F)F)c2)cc1CN1C(=O)OC[C@H]1C. The number of carbonyl (C=O) groups is 1. The van der Waals surface area contributed by atoms with Gasteiger partial charge in [0.15, 0.2) is 11.6 Å². The van der Waals surface area contributed by atoms with Gasteiger partial charge in [-0.25, -0.2) is 14.2 Å². The number of rotatable bonds is 6. The van der Waals surface area contributed by atoms with Crippen LogP contribution in [0.2, 0.25) is 0 Å². The highest BCUT2D eigenvalue weighted by Gasteiger charge is 2.30. The summed E-state index contributed by atoms with van der Waals surface area (Å²) in [7, 11) is 1.45. The quantitative estimate of drug-likeness (QED) is 0.760. The minimum atomic E-state index is -3.14. The molecule has 0 aliphatic carbocycles. The van der Waals surface area contributed by atoms with Crippen molar-refractivity contribution in [2.45, 2.75) is 26.1 Å². The largest absolute Gasteiger partial charge is 0.481 e. The molecular weight excluding hydrogens is 365 g/mol. The minimum Gasteiger partial charge on any atom is -0.481 e. The van der Waals surface area contributed by atoms with E-state index in [1.54, 1.807) is 6.07 Å². The molecule has 0 unspecified atom stereocenters. The predicted octanol–water partition coefficient (Wildman–Crippen LogP) is 3.84. The van der Waals surface area contributed by atoms with Crippen molar-refractivity contribution in [1.29, 1.82) is 0 Å². The summed E-state index contributed by atoms with van der Waals surface area (Å²) in [6.07, 6.45) is 1.03. The standard InChI is InChI=1S/C18H17F3N2O4/c1-10-9-26-18(24)23(10)8-13-5-12(7-22-16(13)25-2)11-3-4-14(19)15(6-11)27-17(20)21/h3-7,10,17H,8-9H2,1-2H3/t10-/m1/s1. The van der Waals surface area contributed by atoms with Crippen LogP contribution in [-0.2, 0) is 11.3 Å². The second-order valence-corrected chi connectivity index (χ2v) is 5.97. The van der Waals surface area contributed by atoms with Crippen molar-refractivity contribution in [3.05, 3.63) is 41.8 Å². The molecule has 1 aliphatic rings. The third-order valence-electron chi connectivity index (χ3n) is 4.15. The van der Waals surface area contributed by atoms with Crippen LogP contribution in [-0.4, -0.2) is 42.3 Å². The monoisotopic (exact) mass is 382 g/mol. The maximum atomic E-state index is 13.6. The zero-order valence-electron chi connectivity index (χ0n) is 14.6. The van der Waals surface area contributed by atoms with Crippen LogP contribution in [0, 0.1) is 5.82 Å². The molecule has 0 radical (unpaired) electrons. The molecule has 2 aromatic rings. The van der Waals surface area contributed by atoms with Gasteiger partial charge >= 0.3 is 12.7 Å². The molecule has 6 nitrogen and oxygen atoms in total. The summed E-state index contributed by atoms with van der Waals surface area (Å²) in [5, 5.41) is 0. The molecule has 0 bridgehead atoms. The van der Waals surface area contributed by atoms with Crippen molar-refractivity contribution in [3.63, 3.8) is 0 Å². The first-order chi connectivity index (χ1) is 12.9. The van der Waals surface area contributed by atoms with E-state index in [-0.39, 0.29) is 12.6 Å². The van der Waals surface area contributed by atoms with Crippen LogP contribution in [0.25, 0.3) is 11.1 Å². The predicted molar refractivity (Wildman–Crippen MR) is 89.2 cm³/mol. The highest BCUT2D eigenvalue weighted by molar-refractivity contribution is 5.70. The van der Waals surface area contributed by atoms with E-state index < -0.39 is 24.3 Å². The Hall–Kier alpha value is -2.97. The summed E-state index contributed by atoms with van der Waals surface area (Å²) < 4.78 is 52.9. The van der Waals surface area contributed by atoms with Crippen molar-refractivity contribution in [2.75, 3.05) is 13.7 Å². The molecule has 0 spiro atoms. The number of hydrogen-bond acceptors (Lipinski definition) is 5. The number of halogens is 3. The highest BCUT2D eigenvalue weighted by Crippen LogP contribution is 2.30. The van der Waals surface area contributed by atoms with E-state index in [2.05, 4.69) is 9.72 Å². The van der Waals surface area contributed by atoms with E-state index in [0.717, 1.165) is 6.07 Å². The second-order valence-electron chi connectivity index (χ2n) is 5.97. The fourth-order valence-corrected chi connectivity index (χ4v) is 2.77. The van der Waals surface area contributed by atoms with Crippen molar-refractivity contribution < 1.29 is 32.2 Å². The van der Waals surface area contributed by atoms with Gasteiger partial charge in [-0.2, -0.15) is 8.78 Å². The average molecular weight is 382 g/mol. The molecular formula is C18H17F3N2O4. The van der Waals surface area contributed by atoms with Gasteiger partial charge in [0.05, 0.1) is 19.7 Å². The van der Waals surface area contributed by atoms with Gasteiger partial charge in [-0.1, -0.05) is 6.07 Å². The molecule has 1 saturated heterocycles. The second kappa shape index (κ2) is 7.73. The number of methoxy groups -OCH3 is 1. The van der Waals surface area contributed by atoms with Crippen LogP contribution >= 0.6 is 0 Å². The number of hydrogen-bond donors (Lipinski definition) is 0. The molecule has 1 fully saturated rings. The Morgan fingerprint density at radius 2 is 2.11 bits per heavy atom. The summed E-state index contributed by atoms with van der Waals surface area (Å²) in [6, 6.07) is 5.22. The van der Waals surface area contributed by atoms with Crippen LogP contribution in [0.1, 0.15) is 12.5 Å². The lowest BCUT2D eigenvalue weighted by atomic mass is 10.0. The van der Waals surface area contributed by atoms with Gasteiger partial charge < -0.3 is 14.2 Å². The molecule has 2 heterocycles. The lowest BCUT2D eigenvalue weighted by Crippen LogP contribution is -2.30. The average Bonchev–Trinajstić information content (AvgIpc) is 2.95. The van der Waals surface area contributed by atoms with Gasteiger partial charge in [-0.15, -0.1) is 0 Å². The minimum absolute atomic E-state index is 0.109. The van der Waals surface area contributed by atoms with Gasteiger partial charge in [0.25, 0.3) is 0 Å². The van der Waals surface area contributed by atoms with Crippen LogP contribution in [0.4, 0.5) is 18.0 Å². The first-order valence-electron chi connectivity index (χ1n) is 8.10. The van der Waals surface area contributed by atoms with Gasteiger partial charge in [-0.05, 0) is 30.7 Å². The number of nitrogens with zero attached hydrogens (tertiary/aromatic N) is 2. The summed E-state index contributed by atoms with van der Waals surface area (Å²) >= 11 is 0. The number of carbonyl (C=O) groups excluding carboxylic acids is 1. The zero-order valence-corrected chi connectivity index (χ0v) is 14.6. The van der Waals surface area contributed by atoms with Gasteiger partial charge in [0.2, 0.25) is 5.88 Å². The first kappa shape index (κ1) is 18.8. The molecule has 1 atom stereocenters. The molecule has 1 aromatic heterocycles. The molecule has 144 valence electrons. The maximum absolute atomic E-state index is 13.6. The smallest absolute Gasteiger partial charge is 0.410 e. The van der Waals surface area contributed by atoms with E-state index in [1.807, 2.05) is 6.92 Å². The van der Waals surface area contributed by atoms with Crippen LogP contribution in [0.3, 0.4) is 0 Å². The van der Waals surface area contributed by atoms with Crippen LogP contribution < -0.4 is 9.47 Å². The van der Waals surface area contributed by atoms with Gasteiger partial charge in [-0.3, -0.25) is 4.90 Å². The highest BCUT2D eigenvalue weighted by atomic mass is 19.3. The normalized spacial score (nSPS) is 16.6. The van der Waals surface area contributed by atoms with Crippen LogP contribution in [0.15, 0.2) is 30.5 Å². The Labute approximate surface area is 153 Å². The van der Waals surface area contributed by atoms with E-state index in [4.69, 9.17) is 9.47 Å².